The first-order valence-electron chi connectivity index (χ1n) is 8.20. The fourth-order valence-corrected chi connectivity index (χ4v) is 2.27. The number of benzene rings is 2. The molecule has 6 nitrogen and oxygen atoms in total. The fourth-order valence-electron chi connectivity index (χ4n) is 2.27. The average molecular weight is 343 g/mol. The molecule has 4 N–H and O–H groups in total. The first-order chi connectivity index (χ1) is 11.9. The number of rotatable bonds is 7. The van der Waals surface area contributed by atoms with E-state index >= 15 is 0 Å². The highest BCUT2D eigenvalue weighted by Crippen LogP contribution is 2.29. The van der Waals surface area contributed by atoms with Gasteiger partial charge in [0.05, 0.1) is 12.2 Å². The van der Waals surface area contributed by atoms with Crippen LogP contribution in [0, 0.1) is 0 Å². The molecule has 0 saturated heterocycles. The summed E-state index contributed by atoms with van der Waals surface area (Å²) in [5.41, 5.74) is 7.94. The Kier molecular flexibility index (Phi) is 6.11. The molecule has 0 unspecified atom stereocenters. The van der Waals surface area contributed by atoms with Crippen molar-refractivity contribution in [1.29, 1.82) is 0 Å². The lowest BCUT2D eigenvalue weighted by atomic mass is 10.2. The molecule has 0 bridgehead atoms. The van der Waals surface area contributed by atoms with E-state index in [1.54, 1.807) is 12.1 Å². The van der Waals surface area contributed by atoms with E-state index in [-0.39, 0.29) is 18.0 Å². The van der Waals surface area contributed by atoms with E-state index in [1.807, 2.05) is 58.0 Å². The van der Waals surface area contributed by atoms with Crippen LogP contribution in [-0.4, -0.2) is 23.3 Å². The molecule has 0 spiro atoms. The molecule has 2 rings (SSSR count). The fraction of sp³-hybridized carbons (Fsp3) is 0.316. The van der Waals surface area contributed by atoms with Gasteiger partial charge >= 0.3 is 0 Å². The predicted molar refractivity (Wildman–Crippen MR) is 100 cm³/mol. The lowest BCUT2D eigenvalue weighted by molar-refractivity contribution is 0.229. The highest BCUT2D eigenvalue weighted by atomic mass is 16.5. The number of hydrogen-bond acceptors (Lipinski definition) is 5. The first-order valence-corrected chi connectivity index (χ1v) is 8.20. The summed E-state index contributed by atoms with van der Waals surface area (Å²) < 4.78 is 11.6. The molecule has 6 heteroatoms. The Bertz CT molecular complexity index is 697. The molecule has 0 aliphatic heterocycles. The highest BCUT2D eigenvalue weighted by Gasteiger charge is 2.07. The maximum atomic E-state index is 8.72. The largest absolute Gasteiger partial charge is 0.491 e. The van der Waals surface area contributed by atoms with E-state index in [0.717, 1.165) is 22.9 Å². The van der Waals surface area contributed by atoms with E-state index in [1.165, 1.54) is 0 Å². The van der Waals surface area contributed by atoms with Crippen LogP contribution in [0.25, 0.3) is 0 Å². The van der Waals surface area contributed by atoms with Gasteiger partial charge in [0, 0.05) is 35.1 Å². The molecule has 0 heterocycles. The van der Waals surface area contributed by atoms with E-state index < -0.39 is 0 Å². The van der Waals surface area contributed by atoms with Crippen molar-refractivity contribution in [3.63, 3.8) is 0 Å². The van der Waals surface area contributed by atoms with Crippen molar-refractivity contribution in [3.8, 4) is 11.5 Å². The summed E-state index contributed by atoms with van der Waals surface area (Å²) in [6, 6.07) is 13.0. The Morgan fingerprint density at radius 2 is 1.44 bits per heavy atom. The number of hydrogen-bond donors (Lipinski definition) is 3. The third kappa shape index (κ3) is 5.60. The van der Waals surface area contributed by atoms with Crippen LogP contribution >= 0.6 is 0 Å². The molecular formula is C19H25N3O3. The monoisotopic (exact) mass is 343 g/mol. The molecule has 0 aliphatic rings. The predicted octanol–water partition coefficient (Wildman–Crippen LogP) is 4.10. The van der Waals surface area contributed by atoms with E-state index in [4.69, 9.17) is 20.4 Å². The topological polar surface area (TPSA) is 89.1 Å². The van der Waals surface area contributed by atoms with Crippen molar-refractivity contribution in [2.75, 3.05) is 5.32 Å². The van der Waals surface area contributed by atoms with Gasteiger partial charge in [0.15, 0.2) is 5.84 Å². The Morgan fingerprint density at radius 3 is 1.88 bits per heavy atom. The van der Waals surface area contributed by atoms with Crippen molar-refractivity contribution in [3.05, 3.63) is 48.0 Å². The van der Waals surface area contributed by atoms with Crippen LogP contribution in [0.5, 0.6) is 11.5 Å². The molecule has 2 aromatic rings. The van der Waals surface area contributed by atoms with E-state index in [2.05, 4.69) is 10.5 Å². The minimum Gasteiger partial charge on any atom is -0.491 e. The Labute approximate surface area is 148 Å². The number of anilines is 2. The smallest absolute Gasteiger partial charge is 0.170 e. The van der Waals surface area contributed by atoms with Gasteiger partial charge in [0.25, 0.3) is 0 Å². The second-order valence-electron chi connectivity index (χ2n) is 6.21. The molecule has 25 heavy (non-hydrogen) atoms. The van der Waals surface area contributed by atoms with Crippen LogP contribution in [0.4, 0.5) is 11.4 Å². The van der Waals surface area contributed by atoms with Gasteiger partial charge in [-0.25, -0.2) is 0 Å². The number of nitrogens with two attached hydrogens (primary N) is 1. The van der Waals surface area contributed by atoms with E-state index in [0.29, 0.717) is 5.56 Å². The number of oxime groups is 1. The second-order valence-corrected chi connectivity index (χ2v) is 6.21. The van der Waals surface area contributed by atoms with Gasteiger partial charge in [-0.05, 0) is 52.0 Å². The number of nitrogens with one attached hydrogen (secondary N) is 1. The van der Waals surface area contributed by atoms with Crippen LogP contribution in [0.1, 0.15) is 33.3 Å². The average Bonchev–Trinajstić information content (AvgIpc) is 2.53. The Hall–Kier alpha value is -2.89. The summed E-state index contributed by atoms with van der Waals surface area (Å²) >= 11 is 0. The SMILES string of the molecule is CC(C)Oc1cc(Nc2ccc(C(N)=NO)cc2)cc(OC(C)C)c1. The Balaban J connectivity index is 2.24. The highest BCUT2D eigenvalue weighted by molar-refractivity contribution is 5.97. The van der Waals surface area contributed by atoms with Gasteiger partial charge in [0.1, 0.15) is 11.5 Å². The number of nitrogens with zero attached hydrogens (tertiary/aromatic N) is 1. The van der Waals surface area contributed by atoms with Gasteiger partial charge in [-0.1, -0.05) is 5.16 Å². The first kappa shape index (κ1) is 18.4. The Morgan fingerprint density at radius 1 is 0.920 bits per heavy atom. The van der Waals surface area contributed by atoms with Crippen molar-refractivity contribution < 1.29 is 14.7 Å². The third-order valence-corrected chi connectivity index (χ3v) is 3.20. The summed E-state index contributed by atoms with van der Waals surface area (Å²) in [4.78, 5) is 0. The summed E-state index contributed by atoms with van der Waals surface area (Å²) in [7, 11) is 0. The molecule has 0 saturated carbocycles. The van der Waals surface area contributed by atoms with Crippen molar-refractivity contribution in [2.24, 2.45) is 10.9 Å². The van der Waals surface area contributed by atoms with Crippen LogP contribution < -0.4 is 20.5 Å². The summed E-state index contributed by atoms with van der Waals surface area (Å²) in [6.07, 6.45) is 0.143. The zero-order valence-corrected chi connectivity index (χ0v) is 15.0. The van der Waals surface area contributed by atoms with E-state index in [9.17, 15) is 0 Å². The van der Waals surface area contributed by atoms with Crippen molar-refractivity contribution in [1.82, 2.24) is 0 Å². The summed E-state index contributed by atoms with van der Waals surface area (Å²) in [5, 5.41) is 15.0. The summed E-state index contributed by atoms with van der Waals surface area (Å²) in [6.45, 7) is 7.92. The maximum Gasteiger partial charge on any atom is 0.170 e. The maximum absolute atomic E-state index is 8.72. The molecule has 0 radical (unpaired) electrons. The minimum absolute atomic E-state index is 0.0715. The van der Waals surface area contributed by atoms with Crippen LogP contribution in [0.15, 0.2) is 47.6 Å². The molecule has 0 aliphatic carbocycles. The molecular weight excluding hydrogens is 318 g/mol. The number of amidine groups is 1. The standard InChI is InChI=1S/C19H25N3O3/c1-12(2)24-17-9-16(10-18(11-17)25-13(3)4)21-15-7-5-14(6-8-15)19(20)22-23/h5-13,21,23H,1-4H3,(H2,20,22). The number of ether oxygens (including phenoxy) is 2. The summed E-state index contributed by atoms with van der Waals surface area (Å²) in [5.74, 6) is 1.55. The molecule has 0 amide bonds. The third-order valence-electron chi connectivity index (χ3n) is 3.20. The lowest BCUT2D eigenvalue weighted by Crippen LogP contribution is -2.12. The van der Waals surface area contributed by atoms with Gasteiger partial charge in [0.2, 0.25) is 0 Å². The van der Waals surface area contributed by atoms with Crippen molar-refractivity contribution >= 4 is 17.2 Å². The van der Waals surface area contributed by atoms with Crippen molar-refractivity contribution in [2.45, 2.75) is 39.9 Å². The van der Waals surface area contributed by atoms with Gasteiger partial charge in [-0.2, -0.15) is 0 Å². The van der Waals surface area contributed by atoms with Crippen LogP contribution in [0.2, 0.25) is 0 Å². The molecule has 0 aromatic heterocycles. The lowest BCUT2D eigenvalue weighted by Gasteiger charge is -2.16. The molecule has 0 atom stereocenters. The van der Waals surface area contributed by atoms with Crippen LogP contribution in [-0.2, 0) is 0 Å². The van der Waals surface area contributed by atoms with Crippen LogP contribution in [0.3, 0.4) is 0 Å². The normalized spacial score (nSPS) is 11.7. The van der Waals surface area contributed by atoms with Gasteiger partial charge in [-0.15, -0.1) is 0 Å². The zero-order chi connectivity index (χ0) is 18.4. The molecule has 134 valence electrons. The minimum atomic E-state index is 0.0715. The van der Waals surface area contributed by atoms with Gasteiger partial charge in [-0.3, -0.25) is 0 Å². The molecule has 0 fully saturated rings. The molecule has 2 aromatic carbocycles. The quantitative estimate of drug-likeness (QED) is 0.305. The second kappa shape index (κ2) is 8.28. The zero-order valence-electron chi connectivity index (χ0n) is 15.0. The van der Waals surface area contributed by atoms with Gasteiger partial charge < -0.3 is 25.7 Å².